The number of carbonyl (C=O) groups is 1. The van der Waals surface area contributed by atoms with Gasteiger partial charge in [0.05, 0.1) is 5.56 Å². The van der Waals surface area contributed by atoms with Crippen LogP contribution in [0.5, 0.6) is 0 Å². The largest absolute Gasteiger partial charge is 0.339 e. The van der Waals surface area contributed by atoms with E-state index < -0.39 is 0 Å². The van der Waals surface area contributed by atoms with Gasteiger partial charge in [-0.25, -0.2) is 9.37 Å². The summed E-state index contributed by atoms with van der Waals surface area (Å²) in [4.78, 5) is 16.9. The molecule has 0 saturated carbocycles. The first-order valence-corrected chi connectivity index (χ1v) is 7.90. The van der Waals surface area contributed by atoms with Crippen molar-refractivity contribution >= 4 is 23.1 Å². The van der Waals surface area contributed by atoms with Crippen molar-refractivity contribution in [2.45, 2.75) is 13.8 Å². The zero-order valence-corrected chi connectivity index (χ0v) is 14.0. The van der Waals surface area contributed by atoms with Gasteiger partial charge in [-0.3, -0.25) is 4.79 Å². The van der Waals surface area contributed by atoms with Gasteiger partial charge in [0.25, 0.3) is 5.91 Å². The number of anilines is 3. The van der Waals surface area contributed by atoms with Crippen LogP contribution in [0.25, 0.3) is 0 Å². The highest BCUT2D eigenvalue weighted by Crippen LogP contribution is 2.25. The first kappa shape index (κ1) is 16.6. The van der Waals surface area contributed by atoms with Gasteiger partial charge in [0.15, 0.2) is 0 Å². The molecule has 0 radical (unpaired) electrons. The lowest BCUT2D eigenvalue weighted by Crippen LogP contribution is -2.15. The molecule has 0 saturated heterocycles. The summed E-state index contributed by atoms with van der Waals surface area (Å²) in [5, 5.41) is 6.01. The third-order valence-electron chi connectivity index (χ3n) is 3.88. The predicted molar refractivity (Wildman–Crippen MR) is 97.8 cm³/mol. The van der Waals surface area contributed by atoms with Gasteiger partial charge < -0.3 is 10.6 Å². The van der Waals surface area contributed by atoms with Crippen LogP contribution in [-0.4, -0.2) is 10.9 Å². The minimum absolute atomic E-state index is 0.312. The summed E-state index contributed by atoms with van der Waals surface area (Å²) in [6, 6.07) is 15.0. The molecular formula is C20H18FN3O. The lowest BCUT2D eigenvalue weighted by Gasteiger charge is -2.15. The van der Waals surface area contributed by atoms with Crippen LogP contribution < -0.4 is 10.6 Å². The third kappa shape index (κ3) is 3.83. The molecule has 0 aliphatic carbocycles. The predicted octanol–water partition coefficient (Wildman–Crippen LogP) is 4.83. The normalized spacial score (nSPS) is 10.4. The lowest BCUT2D eigenvalue weighted by molar-refractivity contribution is 0.102. The number of halogens is 1. The number of hydrogen-bond acceptors (Lipinski definition) is 3. The van der Waals surface area contributed by atoms with Crippen LogP contribution >= 0.6 is 0 Å². The number of para-hydroxylation sites is 1. The van der Waals surface area contributed by atoms with E-state index in [-0.39, 0.29) is 11.7 Å². The van der Waals surface area contributed by atoms with Crippen LogP contribution in [0.3, 0.4) is 0 Å². The van der Waals surface area contributed by atoms with E-state index in [4.69, 9.17) is 0 Å². The average molecular weight is 335 g/mol. The maximum absolute atomic E-state index is 13.0. The molecule has 1 heterocycles. The van der Waals surface area contributed by atoms with Gasteiger partial charge in [-0.1, -0.05) is 18.2 Å². The van der Waals surface area contributed by atoms with Crippen molar-refractivity contribution in [3.05, 3.63) is 83.3 Å². The number of nitrogens with one attached hydrogen (secondary N) is 2. The van der Waals surface area contributed by atoms with Gasteiger partial charge in [-0.15, -0.1) is 0 Å². The molecule has 1 aromatic heterocycles. The van der Waals surface area contributed by atoms with Crippen molar-refractivity contribution in [2.24, 2.45) is 0 Å². The smallest absolute Gasteiger partial charge is 0.259 e. The summed E-state index contributed by atoms with van der Waals surface area (Å²) >= 11 is 0. The molecule has 3 aromatic rings. The molecule has 1 amide bonds. The molecular weight excluding hydrogens is 317 g/mol. The Balaban J connectivity index is 1.88. The van der Waals surface area contributed by atoms with Crippen molar-refractivity contribution in [1.82, 2.24) is 4.98 Å². The number of benzene rings is 2. The molecule has 0 spiro atoms. The van der Waals surface area contributed by atoms with Crippen LogP contribution in [0.2, 0.25) is 0 Å². The number of carbonyl (C=O) groups excluding carboxylic acids is 1. The van der Waals surface area contributed by atoms with Crippen LogP contribution in [0.15, 0.2) is 60.8 Å². The number of nitrogens with zero attached hydrogens (tertiary/aromatic N) is 1. The summed E-state index contributed by atoms with van der Waals surface area (Å²) < 4.78 is 13.0. The van der Waals surface area contributed by atoms with Crippen LogP contribution in [0.1, 0.15) is 21.5 Å². The first-order valence-electron chi connectivity index (χ1n) is 7.90. The van der Waals surface area contributed by atoms with Gasteiger partial charge >= 0.3 is 0 Å². The van der Waals surface area contributed by atoms with Gasteiger partial charge in [0.1, 0.15) is 11.6 Å². The maximum Gasteiger partial charge on any atom is 0.259 e. The molecule has 126 valence electrons. The molecule has 0 fully saturated rings. The molecule has 0 aliphatic heterocycles. The summed E-state index contributed by atoms with van der Waals surface area (Å²) in [6.07, 6.45) is 1.63. The van der Waals surface area contributed by atoms with E-state index in [0.29, 0.717) is 17.1 Å². The Kier molecular flexibility index (Phi) is 4.75. The second-order valence-corrected chi connectivity index (χ2v) is 5.75. The van der Waals surface area contributed by atoms with E-state index in [1.807, 2.05) is 32.0 Å². The van der Waals surface area contributed by atoms with Gasteiger partial charge in [-0.2, -0.15) is 0 Å². The van der Waals surface area contributed by atoms with Crippen LogP contribution in [0.4, 0.5) is 21.6 Å². The topological polar surface area (TPSA) is 54.0 Å². The molecule has 3 rings (SSSR count). The number of hydrogen-bond donors (Lipinski definition) is 2. The monoisotopic (exact) mass is 335 g/mol. The Labute approximate surface area is 145 Å². The SMILES string of the molecule is Cc1cccc(C)c1Nc1ncccc1C(=O)Nc1ccc(F)cc1. The lowest BCUT2D eigenvalue weighted by atomic mass is 10.1. The molecule has 0 bridgehead atoms. The highest BCUT2D eigenvalue weighted by molar-refractivity contribution is 6.07. The fourth-order valence-electron chi connectivity index (χ4n) is 2.55. The van der Waals surface area contributed by atoms with E-state index in [1.165, 1.54) is 24.3 Å². The molecule has 2 N–H and O–H groups in total. The summed E-state index contributed by atoms with van der Waals surface area (Å²) in [5.41, 5.74) is 3.99. The fraction of sp³-hybridized carbons (Fsp3) is 0.100. The minimum Gasteiger partial charge on any atom is -0.339 e. The zero-order chi connectivity index (χ0) is 17.8. The minimum atomic E-state index is -0.350. The average Bonchev–Trinajstić information content (AvgIpc) is 2.60. The molecule has 0 aliphatic rings. The Morgan fingerprint density at radius 2 is 1.64 bits per heavy atom. The molecule has 4 nitrogen and oxygen atoms in total. The number of aryl methyl sites for hydroxylation is 2. The Morgan fingerprint density at radius 1 is 0.960 bits per heavy atom. The molecule has 2 aromatic carbocycles. The Bertz CT molecular complexity index is 887. The Morgan fingerprint density at radius 3 is 2.32 bits per heavy atom. The highest BCUT2D eigenvalue weighted by Gasteiger charge is 2.14. The second-order valence-electron chi connectivity index (χ2n) is 5.75. The van der Waals surface area contributed by atoms with Crippen molar-refractivity contribution in [3.63, 3.8) is 0 Å². The van der Waals surface area contributed by atoms with Gasteiger partial charge in [0, 0.05) is 17.6 Å². The Hall–Kier alpha value is -3.21. The van der Waals surface area contributed by atoms with E-state index in [2.05, 4.69) is 15.6 Å². The van der Waals surface area contributed by atoms with Crippen molar-refractivity contribution in [3.8, 4) is 0 Å². The summed E-state index contributed by atoms with van der Waals surface area (Å²) in [7, 11) is 0. The maximum atomic E-state index is 13.0. The van der Waals surface area contributed by atoms with E-state index in [9.17, 15) is 9.18 Å². The summed E-state index contributed by atoms with van der Waals surface area (Å²) in [6.45, 7) is 3.99. The first-order chi connectivity index (χ1) is 12.0. The molecule has 25 heavy (non-hydrogen) atoms. The molecule has 5 heteroatoms. The molecule has 0 atom stereocenters. The van der Waals surface area contributed by atoms with Crippen molar-refractivity contribution < 1.29 is 9.18 Å². The van der Waals surface area contributed by atoms with Gasteiger partial charge in [0.2, 0.25) is 0 Å². The van der Waals surface area contributed by atoms with E-state index >= 15 is 0 Å². The zero-order valence-electron chi connectivity index (χ0n) is 14.0. The fourth-order valence-corrected chi connectivity index (χ4v) is 2.55. The van der Waals surface area contributed by atoms with Crippen LogP contribution in [0, 0.1) is 19.7 Å². The number of pyridine rings is 1. The van der Waals surface area contributed by atoms with Gasteiger partial charge in [-0.05, 0) is 61.4 Å². The van der Waals surface area contributed by atoms with E-state index in [0.717, 1.165) is 16.8 Å². The molecule has 0 unspecified atom stereocenters. The van der Waals surface area contributed by atoms with E-state index in [1.54, 1.807) is 18.3 Å². The van der Waals surface area contributed by atoms with Crippen molar-refractivity contribution in [2.75, 3.05) is 10.6 Å². The second kappa shape index (κ2) is 7.13. The van der Waals surface area contributed by atoms with Crippen molar-refractivity contribution in [1.29, 1.82) is 0 Å². The third-order valence-corrected chi connectivity index (χ3v) is 3.88. The quantitative estimate of drug-likeness (QED) is 0.718. The highest BCUT2D eigenvalue weighted by atomic mass is 19.1. The number of amides is 1. The van der Waals surface area contributed by atoms with Crippen LogP contribution in [-0.2, 0) is 0 Å². The number of aromatic nitrogens is 1. The number of rotatable bonds is 4. The summed E-state index contributed by atoms with van der Waals surface area (Å²) in [5.74, 6) is -0.190. The standard InChI is InChI=1S/C20H18FN3O/c1-13-5-3-6-14(2)18(13)24-19-17(7-4-12-22-19)20(25)23-16-10-8-15(21)9-11-16/h3-12H,1-2H3,(H,22,24)(H,23,25).